The fourth-order valence-corrected chi connectivity index (χ4v) is 4.78. The van der Waals surface area contributed by atoms with Crippen molar-refractivity contribution in [1.29, 1.82) is 0 Å². The van der Waals surface area contributed by atoms with Crippen molar-refractivity contribution in [2.24, 2.45) is 5.73 Å². The minimum absolute atomic E-state index is 0.0829. The van der Waals surface area contributed by atoms with Crippen molar-refractivity contribution in [2.75, 3.05) is 18.9 Å². The highest BCUT2D eigenvalue weighted by molar-refractivity contribution is 7.85. The molecule has 100 valence electrons. The molecule has 0 amide bonds. The van der Waals surface area contributed by atoms with Gasteiger partial charge in [0.05, 0.1) is 5.60 Å². The largest absolute Gasteiger partial charge is 0.375 e. The molecule has 0 aromatic heterocycles. The van der Waals surface area contributed by atoms with Crippen molar-refractivity contribution in [3.63, 3.8) is 0 Å². The fourth-order valence-electron chi connectivity index (χ4n) is 3.14. The third-order valence-electron chi connectivity index (χ3n) is 4.13. The first kappa shape index (κ1) is 13.5. The van der Waals surface area contributed by atoms with E-state index >= 15 is 0 Å². The average Bonchev–Trinajstić information content (AvgIpc) is 2.37. The summed E-state index contributed by atoms with van der Waals surface area (Å²) in [5.74, 6) is 0.775. The smallest absolute Gasteiger partial charge is 0.0694 e. The van der Waals surface area contributed by atoms with Gasteiger partial charge in [-0.2, -0.15) is 0 Å². The molecule has 2 N–H and O–H groups in total. The van der Waals surface area contributed by atoms with Crippen LogP contribution in [0.15, 0.2) is 0 Å². The van der Waals surface area contributed by atoms with E-state index in [1.165, 1.54) is 32.1 Å². The third kappa shape index (κ3) is 3.52. The first-order chi connectivity index (χ1) is 8.26. The summed E-state index contributed by atoms with van der Waals surface area (Å²) in [6, 6.07) is 0. The molecule has 0 aromatic rings. The zero-order chi connectivity index (χ0) is 12.1. The van der Waals surface area contributed by atoms with Gasteiger partial charge in [0.2, 0.25) is 0 Å². The van der Waals surface area contributed by atoms with Gasteiger partial charge in [-0.05, 0) is 38.6 Å². The van der Waals surface area contributed by atoms with Crippen molar-refractivity contribution < 1.29 is 8.95 Å². The summed E-state index contributed by atoms with van der Waals surface area (Å²) in [5, 5.41) is 0.355. The number of hydrogen-bond donors (Lipinski definition) is 1. The molecular weight excluding hydrogens is 234 g/mol. The molecule has 2 atom stereocenters. The van der Waals surface area contributed by atoms with Crippen molar-refractivity contribution in [3.8, 4) is 0 Å². The van der Waals surface area contributed by atoms with Crippen LogP contribution >= 0.6 is 0 Å². The predicted octanol–water partition coefficient (Wildman–Crippen LogP) is 1.97. The predicted molar refractivity (Wildman–Crippen MR) is 71.5 cm³/mol. The standard InChI is InChI=1S/C13H25NO2S/c14-8-4-10-17(15)12-5-9-16-13(11-12)6-2-1-3-7-13/h12H,1-11,14H2. The van der Waals surface area contributed by atoms with Crippen LogP contribution in [0.1, 0.15) is 51.4 Å². The highest BCUT2D eigenvalue weighted by Gasteiger charge is 2.39. The van der Waals surface area contributed by atoms with Gasteiger partial charge in [0.15, 0.2) is 0 Å². The van der Waals surface area contributed by atoms with Crippen LogP contribution in [-0.2, 0) is 15.5 Å². The molecule has 3 nitrogen and oxygen atoms in total. The quantitative estimate of drug-likeness (QED) is 0.840. The third-order valence-corrected chi connectivity index (χ3v) is 5.97. The zero-order valence-electron chi connectivity index (χ0n) is 10.7. The van der Waals surface area contributed by atoms with Gasteiger partial charge in [-0.3, -0.25) is 4.21 Å². The average molecular weight is 259 g/mol. The summed E-state index contributed by atoms with van der Waals surface area (Å²) in [6.07, 6.45) is 9.13. The monoisotopic (exact) mass is 259 g/mol. The summed E-state index contributed by atoms with van der Waals surface area (Å²) in [7, 11) is -0.694. The molecule has 2 unspecified atom stereocenters. The molecule has 1 spiro atoms. The molecule has 1 saturated heterocycles. The molecule has 2 aliphatic rings. The number of nitrogens with two attached hydrogens (primary N) is 1. The van der Waals surface area contributed by atoms with Gasteiger partial charge in [-0.25, -0.2) is 0 Å². The SMILES string of the molecule is NCCCS(=O)C1CCOC2(CCCCC2)C1. The van der Waals surface area contributed by atoms with Gasteiger partial charge >= 0.3 is 0 Å². The Labute approximate surface area is 107 Å². The van der Waals surface area contributed by atoms with Crippen LogP contribution in [-0.4, -0.2) is 34.0 Å². The molecule has 1 heterocycles. The Morgan fingerprint density at radius 2 is 2.06 bits per heavy atom. The lowest BCUT2D eigenvalue weighted by Gasteiger charge is -2.43. The first-order valence-corrected chi connectivity index (χ1v) is 8.35. The summed E-state index contributed by atoms with van der Waals surface area (Å²) in [6.45, 7) is 1.46. The number of hydrogen-bond acceptors (Lipinski definition) is 3. The second-order valence-electron chi connectivity index (χ2n) is 5.43. The van der Waals surface area contributed by atoms with E-state index in [0.717, 1.165) is 31.6 Å². The molecule has 2 fully saturated rings. The highest BCUT2D eigenvalue weighted by Crippen LogP contribution is 2.39. The Bertz CT molecular complexity index is 259. The molecule has 0 radical (unpaired) electrons. The van der Waals surface area contributed by atoms with Crippen LogP contribution in [0.2, 0.25) is 0 Å². The van der Waals surface area contributed by atoms with E-state index in [1.807, 2.05) is 0 Å². The Morgan fingerprint density at radius 3 is 2.76 bits per heavy atom. The first-order valence-electron chi connectivity index (χ1n) is 6.97. The van der Waals surface area contributed by atoms with Crippen LogP contribution in [0.4, 0.5) is 0 Å². The minimum Gasteiger partial charge on any atom is -0.375 e. The van der Waals surface area contributed by atoms with Gasteiger partial charge in [-0.1, -0.05) is 19.3 Å². The molecule has 4 heteroatoms. The van der Waals surface area contributed by atoms with Gasteiger partial charge in [0.25, 0.3) is 0 Å². The second kappa shape index (κ2) is 6.30. The molecule has 1 aliphatic carbocycles. The summed E-state index contributed by atoms with van der Waals surface area (Å²) >= 11 is 0. The van der Waals surface area contributed by atoms with E-state index in [4.69, 9.17) is 10.5 Å². The van der Waals surface area contributed by atoms with Gasteiger partial charge in [0, 0.05) is 28.4 Å². The molecule has 2 rings (SSSR count). The van der Waals surface area contributed by atoms with E-state index in [0.29, 0.717) is 11.8 Å². The molecule has 0 bridgehead atoms. The summed E-state index contributed by atoms with van der Waals surface area (Å²) < 4.78 is 18.2. The van der Waals surface area contributed by atoms with Crippen molar-refractivity contribution in [3.05, 3.63) is 0 Å². The van der Waals surface area contributed by atoms with Gasteiger partial charge in [-0.15, -0.1) is 0 Å². The fraction of sp³-hybridized carbons (Fsp3) is 1.00. The Balaban J connectivity index is 1.89. The normalized spacial score (nSPS) is 30.3. The van der Waals surface area contributed by atoms with E-state index in [2.05, 4.69) is 0 Å². The topological polar surface area (TPSA) is 52.3 Å². The summed E-state index contributed by atoms with van der Waals surface area (Å²) in [5.41, 5.74) is 5.57. The lowest BCUT2D eigenvalue weighted by atomic mass is 9.80. The zero-order valence-corrected chi connectivity index (χ0v) is 11.5. The van der Waals surface area contributed by atoms with Crippen LogP contribution in [0.25, 0.3) is 0 Å². The lowest BCUT2D eigenvalue weighted by molar-refractivity contribution is -0.0975. The molecular formula is C13H25NO2S. The van der Waals surface area contributed by atoms with Crippen LogP contribution < -0.4 is 5.73 Å². The maximum atomic E-state index is 12.2. The molecule has 17 heavy (non-hydrogen) atoms. The maximum Gasteiger partial charge on any atom is 0.0694 e. The maximum absolute atomic E-state index is 12.2. The Hall–Kier alpha value is 0.0700. The van der Waals surface area contributed by atoms with E-state index < -0.39 is 10.8 Å². The Kier molecular flexibility index (Phi) is 5.00. The second-order valence-corrected chi connectivity index (χ2v) is 7.27. The number of ether oxygens (including phenoxy) is 1. The Morgan fingerprint density at radius 1 is 1.29 bits per heavy atom. The van der Waals surface area contributed by atoms with Crippen molar-refractivity contribution in [2.45, 2.75) is 62.2 Å². The molecule has 1 saturated carbocycles. The number of rotatable bonds is 4. The van der Waals surface area contributed by atoms with Crippen LogP contribution in [0.5, 0.6) is 0 Å². The van der Waals surface area contributed by atoms with Crippen LogP contribution in [0, 0.1) is 0 Å². The highest BCUT2D eigenvalue weighted by atomic mass is 32.2. The van der Waals surface area contributed by atoms with E-state index in [1.54, 1.807) is 0 Å². The lowest BCUT2D eigenvalue weighted by Crippen LogP contribution is -2.44. The molecule has 0 aromatic carbocycles. The van der Waals surface area contributed by atoms with Crippen molar-refractivity contribution >= 4 is 10.8 Å². The minimum atomic E-state index is -0.694. The summed E-state index contributed by atoms with van der Waals surface area (Å²) in [4.78, 5) is 0. The van der Waals surface area contributed by atoms with E-state index in [9.17, 15) is 4.21 Å². The van der Waals surface area contributed by atoms with Crippen molar-refractivity contribution in [1.82, 2.24) is 0 Å². The van der Waals surface area contributed by atoms with Crippen LogP contribution in [0.3, 0.4) is 0 Å². The molecule has 1 aliphatic heterocycles. The van der Waals surface area contributed by atoms with Gasteiger partial charge < -0.3 is 10.5 Å². The van der Waals surface area contributed by atoms with Gasteiger partial charge in [0.1, 0.15) is 0 Å². The van der Waals surface area contributed by atoms with E-state index in [-0.39, 0.29) is 5.60 Å².